The van der Waals surface area contributed by atoms with Gasteiger partial charge in [0.15, 0.2) is 5.82 Å². The predicted molar refractivity (Wildman–Crippen MR) is 104 cm³/mol. The minimum Gasteiger partial charge on any atom is -0.497 e. The number of hydrogen-bond donors (Lipinski definition) is 2. The van der Waals surface area contributed by atoms with Gasteiger partial charge in [-0.15, -0.1) is 10.2 Å². The number of nitrogens with zero attached hydrogens (tertiary/aromatic N) is 3. The molecule has 2 rings (SSSR count). The fourth-order valence-electron chi connectivity index (χ4n) is 2.28. The van der Waals surface area contributed by atoms with E-state index in [1.165, 1.54) is 26.4 Å². The Morgan fingerprint density at radius 3 is 2.33 bits per heavy atom. The molecule has 2 N–H and O–H groups in total. The van der Waals surface area contributed by atoms with Crippen LogP contribution in [-0.2, 0) is 10.0 Å². The molecule has 27 heavy (non-hydrogen) atoms. The maximum absolute atomic E-state index is 12.6. The van der Waals surface area contributed by atoms with Crippen molar-refractivity contribution < 1.29 is 17.9 Å². The molecule has 0 aliphatic rings. The van der Waals surface area contributed by atoms with E-state index in [1.807, 2.05) is 14.1 Å². The highest BCUT2D eigenvalue weighted by atomic mass is 32.2. The van der Waals surface area contributed by atoms with Crippen LogP contribution in [-0.4, -0.2) is 64.9 Å². The number of hydrogen-bond acceptors (Lipinski definition) is 8. The maximum Gasteiger partial charge on any atom is 0.266 e. The van der Waals surface area contributed by atoms with Gasteiger partial charge in [-0.3, -0.25) is 4.72 Å². The molecule has 0 spiro atoms. The standard InChI is InChI=1S/C17H25N5O4S/c1-22(2)11-5-10-18-16-8-9-17(20-19-16)21-27(23,24)15-7-6-13(25-3)12-14(15)26-4/h6-9,12H,5,10-11H2,1-4H3,(H,18,19)(H,20,21). The molecule has 9 nitrogen and oxygen atoms in total. The van der Waals surface area contributed by atoms with E-state index >= 15 is 0 Å². The molecular formula is C17H25N5O4S. The van der Waals surface area contributed by atoms with E-state index in [0.29, 0.717) is 11.6 Å². The molecule has 0 saturated heterocycles. The number of methoxy groups -OCH3 is 2. The molecule has 0 fully saturated rings. The van der Waals surface area contributed by atoms with Crippen molar-refractivity contribution in [3.8, 4) is 11.5 Å². The molecule has 0 saturated carbocycles. The lowest BCUT2D eigenvalue weighted by atomic mass is 10.3. The van der Waals surface area contributed by atoms with Crippen LogP contribution in [0.3, 0.4) is 0 Å². The highest BCUT2D eigenvalue weighted by Crippen LogP contribution is 2.29. The number of aromatic nitrogens is 2. The largest absolute Gasteiger partial charge is 0.497 e. The van der Waals surface area contributed by atoms with E-state index < -0.39 is 10.0 Å². The normalized spacial score (nSPS) is 11.3. The van der Waals surface area contributed by atoms with Crippen molar-refractivity contribution in [2.75, 3.05) is 51.4 Å². The Morgan fingerprint density at radius 2 is 1.74 bits per heavy atom. The third-order valence-corrected chi connectivity index (χ3v) is 5.05. The van der Waals surface area contributed by atoms with E-state index in [0.717, 1.165) is 19.5 Å². The maximum atomic E-state index is 12.6. The summed E-state index contributed by atoms with van der Waals surface area (Å²) in [5, 5.41) is 11.0. The minimum atomic E-state index is -3.88. The highest BCUT2D eigenvalue weighted by molar-refractivity contribution is 7.92. The van der Waals surface area contributed by atoms with Crippen molar-refractivity contribution in [1.82, 2.24) is 15.1 Å². The quantitative estimate of drug-likeness (QED) is 0.585. The van der Waals surface area contributed by atoms with Crippen LogP contribution in [0.1, 0.15) is 6.42 Å². The number of ether oxygens (including phenoxy) is 2. The predicted octanol–water partition coefficient (Wildman–Crippen LogP) is 1.66. The second-order valence-electron chi connectivity index (χ2n) is 6.01. The van der Waals surface area contributed by atoms with E-state index in [2.05, 4.69) is 25.1 Å². The van der Waals surface area contributed by atoms with Crippen LogP contribution >= 0.6 is 0 Å². The summed E-state index contributed by atoms with van der Waals surface area (Å²) in [5.41, 5.74) is 0. The third-order valence-electron chi connectivity index (χ3n) is 3.65. The molecule has 0 bridgehead atoms. The Kier molecular flexibility index (Phi) is 7.19. The van der Waals surface area contributed by atoms with Gasteiger partial charge in [0.1, 0.15) is 22.2 Å². The van der Waals surface area contributed by atoms with Gasteiger partial charge in [-0.1, -0.05) is 0 Å². The fraction of sp³-hybridized carbons (Fsp3) is 0.412. The first-order valence-electron chi connectivity index (χ1n) is 8.33. The molecule has 1 aromatic carbocycles. The van der Waals surface area contributed by atoms with Crippen LogP contribution in [0.2, 0.25) is 0 Å². The molecule has 0 amide bonds. The van der Waals surface area contributed by atoms with Gasteiger partial charge in [0.25, 0.3) is 10.0 Å². The highest BCUT2D eigenvalue weighted by Gasteiger charge is 2.21. The molecular weight excluding hydrogens is 370 g/mol. The van der Waals surface area contributed by atoms with Crippen LogP contribution in [0.4, 0.5) is 11.6 Å². The SMILES string of the molecule is COc1ccc(S(=O)(=O)Nc2ccc(NCCCN(C)C)nn2)c(OC)c1. The van der Waals surface area contributed by atoms with Gasteiger partial charge in [0.2, 0.25) is 0 Å². The monoisotopic (exact) mass is 395 g/mol. The van der Waals surface area contributed by atoms with E-state index in [9.17, 15) is 8.42 Å². The third kappa shape index (κ3) is 5.97. The summed E-state index contributed by atoms with van der Waals surface area (Å²) in [6, 6.07) is 7.68. The minimum absolute atomic E-state index is 0.0153. The molecule has 0 atom stereocenters. The first-order valence-corrected chi connectivity index (χ1v) is 9.81. The van der Waals surface area contributed by atoms with Crippen molar-refractivity contribution in [1.29, 1.82) is 0 Å². The zero-order chi connectivity index (χ0) is 19.9. The van der Waals surface area contributed by atoms with Crippen molar-refractivity contribution >= 4 is 21.7 Å². The number of nitrogens with one attached hydrogen (secondary N) is 2. The topological polar surface area (TPSA) is 106 Å². The number of sulfonamides is 1. The number of rotatable bonds is 10. The van der Waals surface area contributed by atoms with Gasteiger partial charge in [-0.2, -0.15) is 0 Å². The van der Waals surface area contributed by atoms with Crippen LogP contribution in [0, 0.1) is 0 Å². The lowest BCUT2D eigenvalue weighted by Crippen LogP contribution is -2.17. The second-order valence-corrected chi connectivity index (χ2v) is 7.66. The van der Waals surface area contributed by atoms with Crippen molar-refractivity contribution in [2.24, 2.45) is 0 Å². The van der Waals surface area contributed by atoms with Gasteiger partial charge in [-0.05, 0) is 51.3 Å². The molecule has 2 aromatic rings. The molecule has 0 aliphatic heterocycles. The lowest BCUT2D eigenvalue weighted by molar-refractivity contribution is 0.386. The summed E-state index contributed by atoms with van der Waals surface area (Å²) >= 11 is 0. The van der Waals surface area contributed by atoms with Gasteiger partial charge in [0.05, 0.1) is 14.2 Å². The van der Waals surface area contributed by atoms with Crippen LogP contribution in [0.15, 0.2) is 35.2 Å². The summed E-state index contributed by atoms with van der Waals surface area (Å²) in [4.78, 5) is 2.08. The zero-order valence-electron chi connectivity index (χ0n) is 15.9. The summed E-state index contributed by atoms with van der Waals surface area (Å²) in [6.45, 7) is 1.71. The fourth-order valence-corrected chi connectivity index (χ4v) is 3.43. The van der Waals surface area contributed by atoms with Gasteiger partial charge >= 0.3 is 0 Å². The Morgan fingerprint density at radius 1 is 1.04 bits per heavy atom. The summed E-state index contributed by atoms with van der Waals surface area (Å²) in [7, 11) is 3.03. The number of benzene rings is 1. The Bertz CT molecular complexity index is 841. The van der Waals surface area contributed by atoms with E-state index in [1.54, 1.807) is 18.2 Å². The van der Waals surface area contributed by atoms with Crippen LogP contribution < -0.4 is 19.5 Å². The average molecular weight is 395 g/mol. The van der Waals surface area contributed by atoms with Crippen LogP contribution in [0.25, 0.3) is 0 Å². The molecule has 1 heterocycles. The molecule has 10 heteroatoms. The average Bonchev–Trinajstić information content (AvgIpc) is 2.65. The Labute approximate surface area is 159 Å². The van der Waals surface area contributed by atoms with Crippen LogP contribution in [0.5, 0.6) is 11.5 Å². The molecule has 0 radical (unpaired) electrons. The number of anilines is 2. The van der Waals surface area contributed by atoms with Crippen molar-refractivity contribution in [3.63, 3.8) is 0 Å². The Balaban J connectivity index is 2.05. The van der Waals surface area contributed by atoms with E-state index in [4.69, 9.17) is 9.47 Å². The molecule has 148 valence electrons. The second kappa shape index (κ2) is 9.38. The van der Waals surface area contributed by atoms with Crippen molar-refractivity contribution in [3.05, 3.63) is 30.3 Å². The molecule has 0 unspecified atom stereocenters. The summed E-state index contributed by atoms with van der Waals surface area (Å²) < 4.78 is 37.9. The van der Waals surface area contributed by atoms with Gasteiger partial charge in [-0.25, -0.2) is 8.42 Å². The van der Waals surface area contributed by atoms with Gasteiger partial charge in [0, 0.05) is 12.6 Å². The van der Waals surface area contributed by atoms with Gasteiger partial charge < -0.3 is 19.7 Å². The zero-order valence-corrected chi connectivity index (χ0v) is 16.7. The first-order chi connectivity index (χ1) is 12.9. The lowest BCUT2D eigenvalue weighted by Gasteiger charge is -2.12. The first kappa shape index (κ1) is 20.7. The molecule has 0 aliphatic carbocycles. The molecule has 1 aromatic heterocycles. The summed E-state index contributed by atoms with van der Waals surface area (Å²) in [5.74, 6) is 1.37. The Hall–Kier alpha value is -2.59. The van der Waals surface area contributed by atoms with Crippen molar-refractivity contribution in [2.45, 2.75) is 11.3 Å². The summed E-state index contributed by atoms with van der Waals surface area (Å²) in [6.07, 6.45) is 0.959. The van der Waals surface area contributed by atoms with E-state index in [-0.39, 0.29) is 16.5 Å². The smallest absolute Gasteiger partial charge is 0.266 e.